The largest absolute Gasteiger partial charge is 0.329 e. The van der Waals surface area contributed by atoms with Crippen LogP contribution in [0.2, 0.25) is 0 Å². The first-order valence-corrected chi connectivity index (χ1v) is 6.85. The minimum absolute atomic E-state index is 0.0199. The van der Waals surface area contributed by atoms with Gasteiger partial charge in [0, 0.05) is 12.7 Å². The molecule has 0 atom stereocenters. The van der Waals surface area contributed by atoms with Crippen LogP contribution >= 0.6 is 0 Å². The number of carbonyl (C=O) groups excluding carboxylic acids is 1. The van der Waals surface area contributed by atoms with Crippen molar-refractivity contribution >= 4 is 11.6 Å². The van der Waals surface area contributed by atoms with Crippen LogP contribution in [0, 0.1) is 5.41 Å². The van der Waals surface area contributed by atoms with E-state index in [9.17, 15) is 4.79 Å². The van der Waals surface area contributed by atoms with Gasteiger partial charge in [0.05, 0.1) is 22.8 Å². The number of carbonyl (C=O) groups is 1. The maximum absolute atomic E-state index is 12.4. The molecule has 1 aromatic heterocycles. The Kier molecular flexibility index (Phi) is 4.74. The van der Waals surface area contributed by atoms with Crippen LogP contribution in [0.4, 0.5) is 5.69 Å². The van der Waals surface area contributed by atoms with Gasteiger partial charge >= 0.3 is 0 Å². The van der Waals surface area contributed by atoms with Crippen molar-refractivity contribution in [3.63, 3.8) is 0 Å². The fourth-order valence-electron chi connectivity index (χ4n) is 1.97. The monoisotopic (exact) mass is 266 g/mol. The summed E-state index contributed by atoms with van der Waals surface area (Å²) in [5.74, 6) is -0.0199. The van der Waals surface area contributed by atoms with Gasteiger partial charge in [0.25, 0.3) is 0 Å². The van der Waals surface area contributed by atoms with E-state index in [2.05, 4.69) is 31.2 Å². The molecule has 1 heterocycles. The highest BCUT2D eigenvalue weighted by molar-refractivity contribution is 5.95. The molecule has 0 saturated heterocycles. The van der Waals surface area contributed by atoms with E-state index in [0.29, 0.717) is 6.54 Å². The van der Waals surface area contributed by atoms with Crippen molar-refractivity contribution < 1.29 is 4.79 Å². The molecule has 5 nitrogen and oxygen atoms in total. The number of rotatable bonds is 5. The summed E-state index contributed by atoms with van der Waals surface area (Å²) in [4.78, 5) is 12.4. The predicted octanol–water partition coefficient (Wildman–Crippen LogP) is 2.34. The van der Waals surface area contributed by atoms with Crippen molar-refractivity contribution in [3.05, 3.63) is 12.4 Å². The standard InChI is InChI=1S/C14H26N4O/c1-6-14(7-2,10-15)12(19)17-11-8-16-18(9-11)13(3,4)5/h8-9H,6-7,10,15H2,1-5H3,(H,17,19). The molecule has 0 radical (unpaired) electrons. The van der Waals surface area contributed by atoms with Crippen LogP contribution in [0.1, 0.15) is 47.5 Å². The van der Waals surface area contributed by atoms with E-state index in [1.807, 2.05) is 24.7 Å². The predicted molar refractivity (Wildman–Crippen MR) is 77.9 cm³/mol. The van der Waals surface area contributed by atoms with Crippen LogP contribution in [0.3, 0.4) is 0 Å². The maximum atomic E-state index is 12.4. The van der Waals surface area contributed by atoms with Crippen LogP contribution in [-0.4, -0.2) is 22.2 Å². The zero-order valence-corrected chi connectivity index (χ0v) is 12.7. The molecule has 5 heteroatoms. The number of hydrogen-bond donors (Lipinski definition) is 2. The second kappa shape index (κ2) is 5.74. The van der Waals surface area contributed by atoms with Crippen molar-refractivity contribution in [2.24, 2.45) is 11.1 Å². The van der Waals surface area contributed by atoms with Crippen molar-refractivity contribution in [1.82, 2.24) is 9.78 Å². The fraction of sp³-hybridized carbons (Fsp3) is 0.714. The summed E-state index contributed by atoms with van der Waals surface area (Å²) in [7, 11) is 0. The molecular weight excluding hydrogens is 240 g/mol. The number of hydrogen-bond acceptors (Lipinski definition) is 3. The van der Waals surface area contributed by atoms with Gasteiger partial charge in [0.2, 0.25) is 5.91 Å². The summed E-state index contributed by atoms with van der Waals surface area (Å²) in [6, 6.07) is 0. The molecule has 0 saturated carbocycles. The number of aromatic nitrogens is 2. The second-order valence-corrected chi connectivity index (χ2v) is 5.99. The molecule has 0 aromatic carbocycles. The number of nitrogens with one attached hydrogen (secondary N) is 1. The molecular formula is C14H26N4O. The minimum atomic E-state index is -0.482. The Balaban J connectivity index is 2.85. The fourth-order valence-corrected chi connectivity index (χ4v) is 1.97. The lowest BCUT2D eigenvalue weighted by molar-refractivity contribution is -0.125. The lowest BCUT2D eigenvalue weighted by Gasteiger charge is -2.28. The molecule has 0 fully saturated rings. The maximum Gasteiger partial charge on any atom is 0.231 e. The molecule has 0 spiro atoms. The molecule has 0 aliphatic carbocycles. The van der Waals surface area contributed by atoms with E-state index < -0.39 is 5.41 Å². The van der Waals surface area contributed by atoms with Crippen LogP contribution in [0.15, 0.2) is 12.4 Å². The molecule has 108 valence electrons. The number of nitrogens with two attached hydrogens (primary N) is 1. The third-order valence-corrected chi connectivity index (χ3v) is 3.75. The first-order chi connectivity index (χ1) is 8.79. The molecule has 1 aromatic rings. The quantitative estimate of drug-likeness (QED) is 0.859. The van der Waals surface area contributed by atoms with Gasteiger partial charge in [-0.1, -0.05) is 13.8 Å². The highest BCUT2D eigenvalue weighted by Gasteiger charge is 2.33. The lowest BCUT2D eigenvalue weighted by Crippen LogP contribution is -2.41. The topological polar surface area (TPSA) is 72.9 Å². The van der Waals surface area contributed by atoms with E-state index in [1.165, 1.54) is 0 Å². The Morgan fingerprint density at radius 3 is 2.32 bits per heavy atom. The first kappa shape index (κ1) is 15.7. The zero-order valence-electron chi connectivity index (χ0n) is 12.7. The summed E-state index contributed by atoms with van der Waals surface area (Å²) in [6.45, 7) is 10.5. The molecule has 19 heavy (non-hydrogen) atoms. The average Bonchev–Trinajstić information content (AvgIpc) is 2.80. The summed E-state index contributed by atoms with van der Waals surface area (Å²) < 4.78 is 1.84. The van der Waals surface area contributed by atoms with E-state index in [-0.39, 0.29) is 11.4 Å². The first-order valence-electron chi connectivity index (χ1n) is 6.85. The SMILES string of the molecule is CCC(CC)(CN)C(=O)Nc1cnn(C(C)(C)C)c1. The Morgan fingerprint density at radius 2 is 1.95 bits per heavy atom. The normalized spacial score (nSPS) is 12.5. The van der Waals surface area contributed by atoms with Crippen LogP contribution in [0.5, 0.6) is 0 Å². The van der Waals surface area contributed by atoms with Gasteiger partial charge in [0.15, 0.2) is 0 Å². The Hall–Kier alpha value is -1.36. The van der Waals surface area contributed by atoms with Crippen molar-refractivity contribution in [3.8, 4) is 0 Å². The summed E-state index contributed by atoms with van der Waals surface area (Å²) >= 11 is 0. The van der Waals surface area contributed by atoms with E-state index in [0.717, 1.165) is 18.5 Å². The number of amides is 1. The van der Waals surface area contributed by atoms with Crippen molar-refractivity contribution in [2.75, 3.05) is 11.9 Å². The smallest absolute Gasteiger partial charge is 0.231 e. The highest BCUT2D eigenvalue weighted by atomic mass is 16.2. The van der Waals surface area contributed by atoms with Crippen LogP contribution < -0.4 is 11.1 Å². The van der Waals surface area contributed by atoms with Crippen molar-refractivity contribution in [2.45, 2.75) is 53.0 Å². The van der Waals surface area contributed by atoms with Crippen LogP contribution in [0.25, 0.3) is 0 Å². The van der Waals surface area contributed by atoms with Gasteiger partial charge in [-0.3, -0.25) is 9.48 Å². The minimum Gasteiger partial charge on any atom is -0.329 e. The zero-order chi connectivity index (χ0) is 14.7. The highest BCUT2D eigenvalue weighted by Crippen LogP contribution is 2.27. The second-order valence-electron chi connectivity index (χ2n) is 5.99. The van der Waals surface area contributed by atoms with Gasteiger partial charge in [-0.15, -0.1) is 0 Å². The third-order valence-electron chi connectivity index (χ3n) is 3.75. The molecule has 1 rings (SSSR count). The molecule has 0 bridgehead atoms. The Labute approximate surface area is 115 Å². The summed E-state index contributed by atoms with van der Waals surface area (Å²) in [6.07, 6.45) is 5.00. The average molecular weight is 266 g/mol. The van der Waals surface area contributed by atoms with E-state index in [1.54, 1.807) is 6.20 Å². The molecule has 0 unspecified atom stereocenters. The van der Waals surface area contributed by atoms with Gasteiger partial charge in [-0.2, -0.15) is 5.10 Å². The molecule has 0 aliphatic rings. The molecule has 3 N–H and O–H groups in total. The number of nitrogens with zero attached hydrogens (tertiary/aromatic N) is 2. The van der Waals surface area contributed by atoms with Crippen molar-refractivity contribution in [1.29, 1.82) is 0 Å². The van der Waals surface area contributed by atoms with E-state index >= 15 is 0 Å². The summed E-state index contributed by atoms with van der Waals surface area (Å²) in [5.41, 5.74) is 5.92. The third kappa shape index (κ3) is 3.35. The molecule has 0 aliphatic heterocycles. The van der Waals surface area contributed by atoms with Gasteiger partial charge in [-0.05, 0) is 33.6 Å². The van der Waals surface area contributed by atoms with E-state index in [4.69, 9.17) is 5.73 Å². The number of anilines is 1. The van der Waals surface area contributed by atoms with Gasteiger partial charge in [0.1, 0.15) is 0 Å². The summed E-state index contributed by atoms with van der Waals surface area (Å²) in [5, 5.41) is 7.20. The Morgan fingerprint density at radius 1 is 1.37 bits per heavy atom. The van der Waals surface area contributed by atoms with Gasteiger partial charge < -0.3 is 11.1 Å². The molecule has 1 amide bonds. The van der Waals surface area contributed by atoms with Crippen LogP contribution in [-0.2, 0) is 10.3 Å². The lowest BCUT2D eigenvalue weighted by atomic mass is 9.81. The Bertz CT molecular complexity index is 419. The van der Waals surface area contributed by atoms with Gasteiger partial charge in [-0.25, -0.2) is 0 Å².